The number of carbonyl (C=O) groups is 5. The third-order valence-corrected chi connectivity index (χ3v) is 37.4. The third kappa shape index (κ3) is 17.3. The molecule has 14 fully saturated rings. The lowest BCUT2D eigenvalue weighted by molar-refractivity contribution is -0.147. The highest BCUT2D eigenvalue weighted by Crippen LogP contribution is 2.72. The Bertz CT molecular complexity index is 5490. The summed E-state index contributed by atoms with van der Waals surface area (Å²) in [4.78, 5) is 92.1. The van der Waals surface area contributed by atoms with E-state index in [0.29, 0.717) is 199 Å². The number of aromatic amines is 2. The molecule has 6 aromatic rings. The minimum atomic E-state index is -1.000. The molecular formula is C106H132BrClF2N8O11. The van der Waals surface area contributed by atoms with Crippen LogP contribution < -0.4 is 16.4 Å². The summed E-state index contributed by atoms with van der Waals surface area (Å²) in [6.45, 7) is 19.3. The molecule has 129 heavy (non-hydrogen) atoms. The van der Waals surface area contributed by atoms with Crippen molar-refractivity contribution in [3.8, 4) is 35.5 Å². The highest BCUT2D eigenvalue weighted by atomic mass is 79.9. The van der Waals surface area contributed by atoms with Gasteiger partial charge in [0.1, 0.15) is 52.4 Å². The SMILES string of the molecule is C[C@]12CCC(=O)C[C@@H]1CC[C@@H]1[C@@H]2CC[C@@]2(C)[C@H]1CC[C@@]2(O)C#CCBr.C[C@]12CCC(=O)C[C@@H]1CC[C@@H]1[C@@H]2CC[C@@]2(C)[C@H]1CC[C@@]2(O)C#CCN1CCN(C(=O)c2cc(Cc3n[nH]c(=O)c4ccccc34)ccc2F)CC1.C[C@]12CCC(=O)C[C@@H]1CC[C@@H]1[C@@H]2CC[C@@]2(C)[C@H]1CC[C@@]2(O)C#CCO.Cl.O=C(c1cc(Cc2n[nH]c(=O)c3ccccc23)ccc1F)N1CCNCC1. The van der Waals surface area contributed by atoms with Crippen LogP contribution in [0.25, 0.3) is 21.5 Å². The minimum Gasteiger partial charge on any atom is -0.384 e. The molecule has 20 rings (SSSR count). The first-order valence-electron chi connectivity index (χ1n) is 48.2. The zero-order chi connectivity index (χ0) is 90.1. The quantitative estimate of drug-likeness (QED) is 0.0578. The Labute approximate surface area is 773 Å². The second kappa shape index (κ2) is 37.6. The lowest BCUT2D eigenvalue weighted by Crippen LogP contribution is -2.56. The van der Waals surface area contributed by atoms with Gasteiger partial charge in [-0.1, -0.05) is 142 Å². The van der Waals surface area contributed by atoms with Gasteiger partial charge in [-0.15, -0.1) is 12.4 Å². The fourth-order valence-corrected chi connectivity index (χ4v) is 29.6. The topological polar surface area (TPSA) is 280 Å². The van der Waals surface area contributed by atoms with E-state index in [-0.39, 0.29) is 74.7 Å². The molecule has 12 aliphatic carbocycles. The number of piperazine rings is 2. The fraction of sp³-hybridized carbons (Fsp3) is 0.632. The molecule has 21 atom stereocenters. The summed E-state index contributed by atoms with van der Waals surface area (Å²) < 4.78 is 29.3. The molecule has 0 spiro atoms. The Hall–Kier alpha value is -7.82. The molecule has 4 heterocycles. The summed E-state index contributed by atoms with van der Waals surface area (Å²) in [6, 6.07) is 23.6. The van der Waals surface area contributed by atoms with Crippen molar-refractivity contribution in [2.45, 2.75) is 245 Å². The Morgan fingerprint density at radius 3 is 1.19 bits per heavy atom. The maximum Gasteiger partial charge on any atom is 0.272 e. The summed E-state index contributed by atoms with van der Waals surface area (Å²) in [7, 11) is 0. The van der Waals surface area contributed by atoms with Gasteiger partial charge in [0.05, 0.1) is 45.2 Å². The standard InChI is InChI=1S/C42H49FN4O4.C22H31BrO2.C22H32O3.C20H19FN4O2.ClH/c1-40-16-12-29(48)26-28(40)9-10-32-34(40)13-17-41(2)35(32)14-18-42(41,51)15-5-19-46-20-22-47(23-21-46)39(50)33-24-27(8-11-36(33)43)25-37-30-6-3-4-7-31(30)38(49)45-44-37;2*1-20-10-6-16(24)14-15(20)4-5-17-18(20)7-11-21(2)19(17)8-12-22(21,25)9-3-13-23;21-17-6-5-13(11-16(17)20(27)25-9-7-22-8-10-25)12-18-14-3-1-2-4-15(14)19(26)24-23-18;/h3-4,6-8,11,24,28,32,34-35,51H,9-10,12-14,16-23,25-26H2,1-2H3,(H,45,49);15,17-19,25H,4-8,10-14H2,1-2H3;15,17-19,23,25H,4-8,10-14H2,1-2H3;1-6,11,22H,7-10,12H2,(H,24,26);1H/t28-,32+,34-,35-,40-,41-,42-;2*15-,17+,18-,19-,20-,21-,22-;;/m000../s1. The number of aromatic nitrogens is 4. The number of hydrogen-bond donors (Lipinski definition) is 7. The van der Waals surface area contributed by atoms with Gasteiger partial charge in [0.15, 0.2) is 0 Å². The van der Waals surface area contributed by atoms with Crippen molar-refractivity contribution in [3.05, 3.63) is 151 Å². The second-order valence-electron chi connectivity index (χ2n) is 42.6. The first kappa shape index (κ1) is 94.4. The van der Waals surface area contributed by atoms with E-state index in [2.05, 4.69) is 124 Å². The lowest BCUT2D eigenvalue weighted by atomic mass is 9.44. The van der Waals surface area contributed by atoms with Crippen molar-refractivity contribution in [1.29, 1.82) is 0 Å². The van der Waals surface area contributed by atoms with Gasteiger partial charge in [-0.05, 0) is 270 Å². The molecule has 0 bridgehead atoms. The molecule has 12 saturated carbocycles. The Morgan fingerprint density at radius 1 is 0.450 bits per heavy atom. The fourth-order valence-electron chi connectivity index (χ4n) is 29.5. The van der Waals surface area contributed by atoms with E-state index >= 15 is 4.39 Å². The molecule has 0 radical (unpaired) electrons. The van der Waals surface area contributed by atoms with Crippen LogP contribution in [-0.4, -0.2) is 172 Å². The van der Waals surface area contributed by atoms with E-state index in [9.17, 15) is 53.3 Å². The number of rotatable bonds is 7. The van der Waals surface area contributed by atoms with E-state index in [1.54, 1.807) is 58.3 Å². The zero-order valence-corrected chi connectivity index (χ0v) is 78.6. The molecule has 4 aromatic carbocycles. The molecule has 23 heteroatoms. The van der Waals surface area contributed by atoms with E-state index in [1.807, 2.05) is 24.3 Å². The van der Waals surface area contributed by atoms with Gasteiger partial charge in [-0.25, -0.2) is 19.0 Å². The number of alkyl halides is 1. The zero-order valence-electron chi connectivity index (χ0n) is 76.2. The summed E-state index contributed by atoms with van der Waals surface area (Å²) >= 11 is 3.38. The second-order valence-corrected chi connectivity index (χ2v) is 43.2. The smallest absolute Gasteiger partial charge is 0.272 e. The van der Waals surface area contributed by atoms with Crippen LogP contribution >= 0.6 is 28.3 Å². The van der Waals surface area contributed by atoms with Gasteiger partial charge >= 0.3 is 0 Å². The van der Waals surface area contributed by atoms with Crippen LogP contribution in [0.3, 0.4) is 0 Å². The van der Waals surface area contributed by atoms with Gasteiger partial charge in [-0.2, -0.15) is 10.2 Å². The summed E-state index contributed by atoms with van der Waals surface area (Å²) in [5.41, 5.74) is 0.169. The van der Waals surface area contributed by atoms with Crippen LogP contribution in [0.2, 0.25) is 0 Å². The number of halogens is 4. The highest BCUT2D eigenvalue weighted by molar-refractivity contribution is 9.09. The van der Waals surface area contributed by atoms with Crippen molar-refractivity contribution in [3.63, 3.8) is 0 Å². The monoisotopic (exact) mass is 1840 g/mol. The van der Waals surface area contributed by atoms with E-state index < -0.39 is 28.4 Å². The highest BCUT2D eigenvalue weighted by Gasteiger charge is 2.68. The minimum absolute atomic E-state index is 0. The number of nitrogens with zero attached hydrogens (tertiary/aromatic N) is 5. The Kier molecular flexibility index (Phi) is 27.5. The maximum absolute atomic E-state index is 15.0. The van der Waals surface area contributed by atoms with Crippen molar-refractivity contribution >= 4 is 79.0 Å². The summed E-state index contributed by atoms with van der Waals surface area (Å²) in [5.74, 6) is 25.9. The number of hydrogen-bond acceptors (Lipinski definition) is 15. The number of aliphatic hydroxyl groups excluding tert-OH is 1. The average molecular weight is 1850 g/mol. The molecule has 7 N–H and O–H groups in total. The molecule has 2 aliphatic heterocycles. The van der Waals surface area contributed by atoms with Gasteiger partial charge in [0.2, 0.25) is 0 Å². The molecule has 690 valence electrons. The third-order valence-electron chi connectivity index (χ3n) is 37.1. The number of benzene rings is 4. The van der Waals surface area contributed by atoms with Crippen LogP contribution in [0, 0.1) is 151 Å². The largest absolute Gasteiger partial charge is 0.384 e. The number of ketones is 3. The van der Waals surface area contributed by atoms with Gasteiger partial charge < -0.3 is 35.5 Å². The molecule has 2 saturated heterocycles. The van der Waals surface area contributed by atoms with Crippen molar-refractivity contribution in [2.24, 2.45) is 104 Å². The number of fused-ring (bicyclic) bond motifs is 17. The number of nitrogens with one attached hydrogen (secondary N) is 3. The van der Waals surface area contributed by atoms with E-state index in [1.165, 1.54) is 50.7 Å². The number of amides is 2. The lowest BCUT2D eigenvalue weighted by Gasteiger charge is -2.60. The van der Waals surface area contributed by atoms with Crippen LogP contribution in [0.15, 0.2) is 94.5 Å². The summed E-state index contributed by atoms with van der Waals surface area (Å²) in [5, 5.41) is 63.6. The normalized spacial score (nSPS) is 36.4. The summed E-state index contributed by atoms with van der Waals surface area (Å²) in [6.07, 6.45) is 27.8. The van der Waals surface area contributed by atoms with E-state index in [4.69, 9.17) is 5.11 Å². The molecule has 2 amide bonds. The predicted molar refractivity (Wildman–Crippen MR) is 501 cm³/mol. The van der Waals surface area contributed by atoms with Crippen molar-refractivity contribution < 1.29 is 53.2 Å². The Balaban J connectivity index is 0.000000134. The number of H-pyrrole nitrogens is 2. The van der Waals surface area contributed by atoms with E-state index in [0.717, 1.165) is 156 Å². The number of aliphatic hydroxyl groups is 4. The number of Topliss-reactive ketones (excluding diaryl/α,β-unsaturated/α-hetero) is 3. The average Bonchev–Trinajstić information content (AvgIpc) is 1.60. The maximum atomic E-state index is 15.0. The van der Waals surface area contributed by atoms with Crippen LogP contribution in [0.1, 0.15) is 258 Å². The van der Waals surface area contributed by atoms with Crippen LogP contribution in [0.4, 0.5) is 8.78 Å². The van der Waals surface area contributed by atoms with Crippen molar-refractivity contribution in [1.82, 2.24) is 40.4 Å². The van der Waals surface area contributed by atoms with Gasteiger partial charge in [0.25, 0.3) is 22.9 Å². The predicted octanol–water partition coefficient (Wildman–Crippen LogP) is 15.9. The Morgan fingerprint density at radius 2 is 0.806 bits per heavy atom. The van der Waals surface area contributed by atoms with Gasteiger partial charge in [0, 0.05) is 131 Å². The van der Waals surface area contributed by atoms with Crippen LogP contribution in [-0.2, 0) is 27.2 Å². The van der Waals surface area contributed by atoms with Gasteiger partial charge in [-0.3, -0.25) is 38.5 Å². The first-order chi connectivity index (χ1) is 61.3. The van der Waals surface area contributed by atoms with Crippen molar-refractivity contribution in [2.75, 3.05) is 70.8 Å². The number of carbonyl (C=O) groups excluding carboxylic acids is 5. The first-order valence-corrected chi connectivity index (χ1v) is 49.3. The molecule has 2 aromatic heterocycles. The molecular weight excluding hydrogens is 1710 g/mol. The van der Waals surface area contributed by atoms with Crippen LogP contribution in [0.5, 0.6) is 0 Å². The molecule has 19 nitrogen and oxygen atoms in total. The molecule has 0 unspecified atom stereocenters. The molecule has 14 aliphatic rings.